The monoisotopic (exact) mass is 353 g/mol. The zero-order chi connectivity index (χ0) is 13.0. The summed E-state index contributed by atoms with van der Waals surface area (Å²) in [4.78, 5) is 16.0. The number of carbonyl (C=O) groups is 1. The molecule has 0 saturated heterocycles. The zero-order valence-electron chi connectivity index (χ0n) is 9.77. The highest BCUT2D eigenvalue weighted by Gasteiger charge is 2.07. The van der Waals surface area contributed by atoms with Crippen molar-refractivity contribution in [1.82, 2.24) is 4.98 Å². The molecule has 0 aliphatic carbocycles. The first-order valence-corrected chi connectivity index (χ1v) is 6.47. The lowest BCUT2D eigenvalue weighted by Crippen LogP contribution is -2.13. The molecule has 18 heavy (non-hydrogen) atoms. The molecule has 1 aromatic heterocycles. The molecule has 0 fully saturated rings. The lowest BCUT2D eigenvalue weighted by Gasteiger charge is -2.05. The summed E-state index contributed by atoms with van der Waals surface area (Å²) in [6, 6.07) is 11.1. The van der Waals surface area contributed by atoms with Gasteiger partial charge in [-0.3, -0.25) is 4.79 Å². The van der Waals surface area contributed by atoms with Gasteiger partial charge in [-0.1, -0.05) is 6.07 Å². The van der Waals surface area contributed by atoms with Gasteiger partial charge in [-0.25, -0.2) is 4.98 Å². The van der Waals surface area contributed by atoms with E-state index in [2.05, 4.69) is 38.2 Å². The number of aromatic nitrogens is 1. The van der Waals surface area contributed by atoms with E-state index >= 15 is 0 Å². The molecule has 2 rings (SSSR count). The third-order valence-corrected chi connectivity index (χ3v) is 3.04. The van der Waals surface area contributed by atoms with Crippen molar-refractivity contribution in [2.45, 2.75) is 0 Å². The average molecular weight is 353 g/mol. The number of hydrogen-bond acceptors (Lipinski definition) is 3. The molecule has 2 aromatic rings. The van der Waals surface area contributed by atoms with Crippen LogP contribution in [0.25, 0.3) is 0 Å². The highest BCUT2D eigenvalue weighted by Crippen LogP contribution is 2.13. The fourth-order valence-corrected chi connectivity index (χ4v) is 1.98. The smallest absolute Gasteiger partial charge is 0.274 e. The summed E-state index contributed by atoms with van der Waals surface area (Å²) in [6.07, 6.45) is 1.63. The van der Waals surface area contributed by atoms with Gasteiger partial charge in [-0.05, 0) is 52.9 Å². The van der Waals surface area contributed by atoms with Gasteiger partial charge in [0.05, 0.1) is 11.9 Å². The Morgan fingerprint density at radius 1 is 1.22 bits per heavy atom. The number of pyridine rings is 1. The van der Waals surface area contributed by atoms with Crippen molar-refractivity contribution in [2.24, 2.45) is 0 Å². The Labute approximate surface area is 119 Å². The van der Waals surface area contributed by atoms with E-state index in [-0.39, 0.29) is 5.91 Å². The quantitative estimate of drug-likeness (QED) is 0.835. The second kappa shape index (κ2) is 5.81. The number of anilines is 2. The van der Waals surface area contributed by atoms with E-state index < -0.39 is 0 Å². The minimum Gasteiger partial charge on any atom is -0.387 e. The predicted octanol–water partition coefficient (Wildman–Crippen LogP) is 2.98. The highest BCUT2D eigenvalue weighted by molar-refractivity contribution is 14.1. The first kappa shape index (κ1) is 12.8. The minimum absolute atomic E-state index is 0.209. The van der Waals surface area contributed by atoms with Crippen LogP contribution in [0.3, 0.4) is 0 Å². The molecule has 0 saturated carbocycles. The Morgan fingerprint density at radius 3 is 2.67 bits per heavy atom. The molecule has 92 valence electrons. The second-order valence-electron chi connectivity index (χ2n) is 3.65. The van der Waals surface area contributed by atoms with Crippen molar-refractivity contribution in [3.05, 3.63) is 51.9 Å². The maximum absolute atomic E-state index is 11.9. The van der Waals surface area contributed by atoms with Gasteiger partial charge in [-0.2, -0.15) is 0 Å². The summed E-state index contributed by atoms with van der Waals surface area (Å²) >= 11 is 2.20. The van der Waals surface area contributed by atoms with Crippen molar-refractivity contribution in [3.8, 4) is 0 Å². The molecule has 1 heterocycles. The van der Waals surface area contributed by atoms with Crippen LogP contribution in [0.5, 0.6) is 0 Å². The van der Waals surface area contributed by atoms with Gasteiger partial charge in [0.1, 0.15) is 5.69 Å². The molecule has 0 radical (unpaired) electrons. The predicted molar refractivity (Wildman–Crippen MR) is 80.9 cm³/mol. The SMILES string of the molecule is CNc1ccc(C(=O)Nc2cccc(I)c2)nc1. The molecule has 2 N–H and O–H groups in total. The number of amides is 1. The van der Waals surface area contributed by atoms with Crippen LogP contribution < -0.4 is 10.6 Å². The molecular formula is C13H12IN3O. The van der Waals surface area contributed by atoms with Crippen LogP contribution in [0.1, 0.15) is 10.5 Å². The number of nitrogens with zero attached hydrogens (tertiary/aromatic N) is 1. The van der Waals surface area contributed by atoms with E-state index in [0.717, 1.165) is 14.9 Å². The summed E-state index contributed by atoms with van der Waals surface area (Å²) < 4.78 is 1.07. The fourth-order valence-electron chi connectivity index (χ4n) is 1.44. The molecule has 1 aromatic carbocycles. The fraction of sp³-hybridized carbons (Fsp3) is 0.0769. The molecule has 1 amide bonds. The second-order valence-corrected chi connectivity index (χ2v) is 4.89. The van der Waals surface area contributed by atoms with E-state index in [4.69, 9.17) is 0 Å². The zero-order valence-corrected chi connectivity index (χ0v) is 11.9. The average Bonchev–Trinajstić information content (AvgIpc) is 2.39. The number of hydrogen-bond donors (Lipinski definition) is 2. The molecule has 4 nitrogen and oxygen atoms in total. The molecule has 0 atom stereocenters. The molecule has 5 heteroatoms. The lowest BCUT2D eigenvalue weighted by molar-refractivity contribution is 0.102. The van der Waals surface area contributed by atoms with Crippen LogP contribution in [-0.2, 0) is 0 Å². The number of rotatable bonds is 3. The van der Waals surface area contributed by atoms with E-state index in [1.165, 1.54) is 0 Å². The van der Waals surface area contributed by atoms with Crippen molar-refractivity contribution >= 4 is 39.9 Å². The molecule has 0 aliphatic rings. The summed E-state index contributed by atoms with van der Waals surface area (Å²) in [5, 5.41) is 5.76. The number of halogens is 1. The molecular weight excluding hydrogens is 341 g/mol. The van der Waals surface area contributed by atoms with E-state index in [1.807, 2.05) is 37.4 Å². The van der Waals surface area contributed by atoms with Gasteiger partial charge in [0.2, 0.25) is 0 Å². The Bertz CT molecular complexity index is 554. The van der Waals surface area contributed by atoms with Gasteiger partial charge >= 0.3 is 0 Å². The van der Waals surface area contributed by atoms with Gasteiger partial charge in [-0.15, -0.1) is 0 Å². The standard InChI is InChI=1S/C13H12IN3O/c1-15-11-5-6-12(16-8-11)13(18)17-10-4-2-3-9(14)7-10/h2-8,15H,1H3,(H,17,18). The van der Waals surface area contributed by atoms with E-state index in [1.54, 1.807) is 12.3 Å². The summed E-state index contributed by atoms with van der Waals surface area (Å²) in [5.74, 6) is -0.209. The Morgan fingerprint density at radius 2 is 2.06 bits per heavy atom. The van der Waals surface area contributed by atoms with Gasteiger partial charge in [0.15, 0.2) is 0 Å². The van der Waals surface area contributed by atoms with E-state index in [0.29, 0.717) is 5.69 Å². The maximum Gasteiger partial charge on any atom is 0.274 e. The normalized spacial score (nSPS) is 9.89. The molecule has 0 bridgehead atoms. The van der Waals surface area contributed by atoms with Crippen LogP contribution in [0.4, 0.5) is 11.4 Å². The third kappa shape index (κ3) is 3.19. The van der Waals surface area contributed by atoms with Crippen LogP contribution in [0.2, 0.25) is 0 Å². The van der Waals surface area contributed by atoms with E-state index in [9.17, 15) is 4.79 Å². The topological polar surface area (TPSA) is 54.0 Å². The Hall–Kier alpha value is -1.63. The van der Waals surface area contributed by atoms with Crippen molar-refractivity contribution in [3.63, 3.8) is 0 Å². The van der Waals surface area contributed by atoms with Gasteiger partial charge in [0, 0.05) is 16.3 Å². The molecule has 0 aliphatic heterocycles. The van der Waals surface area contributed by atoms with Gasteiger partial charge in [0.25, 0.3) is 5.91 Å². The molecule has 0 unspecified atom stereocenters. The Kier molecular flexibility index (Phi) is 4.14. The summed E-state index contributed by atoms with van der Waals surface area (Å²) in [5.41, 5.74) is 2.04. The van der Waals surface area contributed by atoms with Crippen LogP contribution in [-0.4, -0.2) is 17.9 Å². The van der Waals surface area contributed by atoms with Crippen LogP contribution in [0.15, 0.2) is 42.6 Å². The number of benzene rings is 1. The maximum atomic E-state index is 11.9. The van der Waals surface area contributed by atoms with Crippen LogP contribution >= 0.6 is 22.6 Å². The van der Waals surface area contributed by atoms with Crippen LogP contribution in [0, 0.1) is 3.57 Å². The first-order chi connectivity index (χ1) is 8.69. The first-order valence-electron chi connectivity index (χ1n) is 5.40. The summed E-state index contributed by atoms with van der Waals surface area (Å²) in [6.45, 7) is 0. The largest absolute Gasteiger partial charge is 0.387 e. The lowest BCUT2D eigenvalue weighted by atomic mass is 10.3. The summed E-state index contributed by atoms with van der Waals surface area (Å²) in [7, 11) is 1.81. The van der Waals surface area contributed by atoms with Gasteiger partial charge < -0.3 is 10.6 Å². The number of carbonyl (C=O) groups excluding carboxylic acids is 1. The van der Waals surface area contributed by atoms with Crippen molar-refractivity contribution in [1.29, 1.82) is 0 Å². The van der Waals surface area contributed by atoms with Crippen molar-refractivity contribution < 1.29 is 4.79 Å². The van der Waals surface area contributed by atoms with Crippen molar-refractivity contribution in [2.75, 3.05) is 17.7 Å². The number of nitrogens with one attached hydrogen (secondary N) is 2. The third-order valence-electron chi connectivity index (χ3n) is 2.37. The minimum atomic E-state index is -0.209. The highest BCUT2D eigenvalue weighted by atomic mass is 127. The molecule has 0 spiro atoms. The Balaban J connectivity index is 2.11.